The van der Waals surface area contributed by atoms with Gasteiger partial charge in [-0.3, -0.25) is 0 Å². The summed E-state index contributed by atoms with van der Waals surface area (Å²) in [5.41, 5.74) is 5.70. The van der Waals surface area contributed by atoms with E-state index >= 15 is 0 Å². The maximum absolute atomic E-state index is 5.53. The molecule has 0 aliphatic heterocycles. The Bertz CT molecular complexity index is 346. The first-order valence-corrected chi connectivity index (χ1v) is 5.64. The molecule has 0 aliphatic carbocycles. The highest BCUT2D eigenvalue weighted by Gasteiger charge is 2.20. The van der Waals surface area contributed by atoms with E-state index < -0.39 is 0 Å². The summed E-state index contributed by atoms with van der Waals surface area (Å²) < 4.78 is 0.827. The van der Waals surface area contributed by atoms with Gasteiger partial charge in [-0.1, -0.05) is 20.8 Å². The number of nitrogens with one attached hydrogen (secondary N) is 1. The lowest BCUT2D eigenvalue weighted by Gasteiger charge is -2.28. The highest BCUT2D eigenvalue weighted by atomic mass is 79.9. The summed E-state index contributed by atoms with van der Waals surface area (Å²) in [5, 5.41) is 3.31. The molecule has 0 amide bonds. The number of hydrogen-bond acceptors (Lipinski definition) is 4. The van der Waals surface area contributed by atoms with Gasteiger partial charge in [0, 0.05) is 12.2 Å². The number of nitrogen functional groups attached to an aromatic ring is 1. The van der Waals surface area contributed by atoms with Crippen LogP contribution in [-0.2, 0) is 0 Å². The molecule has 0 aliphatic rings. The summed E-state index contributed by atoms with van der Waals surface area (Å²) >= 11 is 3.38. The van der Waals surface area contributed by atoms with Gasteiger partial charge in [0.15, 0.2) is 0 Å². The Morgan fingerprint density at radius 2 is 2.07 bits per heavy atom. The van der Waals surface area contributed by atoms with Crippen LogP contribution in [0.25, 0.3) is 0 Å². The van der Waals surface area contributed by atoms with E-state index in [1.54, 1.807) is 6.20 Å². The lowest BCUT2D eigenvalue weighted by Crippen LogP contribution is -2.31. The Morgan fingerprint density at radius 3 is 2.60 bits per heavy atom. The Hall–Kier alpha value is -0.840. The van der Waals surface area contributed by atoms with E-state index in [0.717, 1.165) is 10.3 Å². The third-order valence-electron chi connectivity index (χ3n) is 2.42. The Kier molecular flexibility index (Phi) is 3.54. The highest BCUT2D eigenvalue weighted by Crippen LogP contribution is 2.25. The van der Waals surface area contributed by atoms with E-state index in [2.05, 4.69) is 58.9 Å². The van der Waals surface area contributed by atoms with Crippen molar-refractivity contribution in [1.82, 2.24) is 9.97 Å². The fourth-order valence-corrected chi connectivity index (χ4v) is 1.21. The molecule has 15 heavy (non-hydrogen) atoms. The molecule has 0 spiro atoms. The lowest BCUT2D eigenvalue weighted by molar-refractivity contribution is 0.358. The lowest BCUT2D eigenvalue weighted by atomic mass is 9.88. The van der Waals surface area contributed by atoms with Crippen molar-refractivity contribution in [2.45, 2.75) is 33.7 Å². The van der Waals surface area contributed by atoms with Crippen molar-refractivity contribution >= 4 is 27.7 Å². The van der Waals surface area contributed by atoms with Crippen LogP contribution in [0.1, 0.15) is 27.7 Å². The SMILES string of the molecule is CC(Nc1nc(N)ncc1Br)C(C)(C)C. The summed E-state index contributed by atoms with van der Waals surface area (Å²) in [6.45, 7) is 8.63. The van der Waals surface area contributed by atoms with Gasteiger partial charge in [-0.05, 0) is 28.3 Å². The molecule has 0 saturated carbocycles. The fraction of sp³-hybridized carbons (Fsp3) is 0.600. The average Bonchev–Trinajstić information content (AvgIpc) is 2.09. The average molecular weight is 273 g/mol. The van der Waals surface area contributed by atoms with Crippen LogP contribution >= 0.6 is 15.9 Å². The molecule has 1 rings (SSSR count). The molecule has 0 bridgehead atoms. The zero-order valence-corrected chi connectivity index (χ0v) is 11.1. The maximum atomic E-state index is 5.53. The zero-order chi connectivity index (χ0) is 11.6. The second-order valence-electron chi connectivity index (χ2n) is 4.66. The largest absolute Gasteiger partial charge is 0.368 e. The number of hydrogen-bond donors (Lipinski definition) is 2. The quantitative estimate of drug-likeness (QED) is 0.869. The topological polar surface area (TPSA) is 63.8 Å². The molecular weight excluding hydrogens is 256 g/mol. The number of halogens is 1. The van der Waals surface area contributed by atoms with Gasteiger partial charge in [0.25, 0.3) is 0 Å². The van der Waals surface area contributed by atoms with Crippen molar-refractivity contribution in [1.29, 1.82) is 0 Å². The van der Waals surface area contributed by atoms with Gasteiger partial charge in [-0.25, -0.2) is 4.98 Å². The summed E-state index contributed by atoms with van der Waals surface area (Å²) in [4.78, 5) is 8.02. The summed E-state index contributed by atoms with van der Waals surface area (Å²) in [6, 6.07) is 0.295. The van der Waals surface area contributed by atoms with Crippen LogP contribution in [0.3, 0.4) is 0 Å². The number of rotatable bonds is 2. The molecule has 1 heterocycles. The molecule has 0 radical (unpaired) electrons. The minimum absolute atomic E-state index is 0.166. The van der Waals surface area contributed by atoms with Gasteiger partial charge in [-0.2, -0.15) is 4.98 Å². The predicted octanol–water partition coefficient (Wildman–Crippen LogP) is 2.67. The molecule has 3 N–H and O–H groups in total. The van der Waals surface area contributed by atoms with Crippen LogP contribution in [0.4, 0.5) is 11.8 Å². The van der Waals surface area contributed by atoms with Crippen LogP contribution < -0.4 is 11.1 Å². The van der Waals surface area contributed by atoms with Crippen molar-refractivity contribution < 1.29 is 0 Å². The Labute approximate surface area is 98.8 Å². The molecule has 0 saturated heterocycles. The minimum Gasteiger partial charge on any atom is -0.368 e. The number of anilines is 2. The van der Waals surface area contributed by atoms with Crippen LogP contribution in [-0.4, -0.2) is 16.0 Å². The van der Waals surface area contributed by atoms with E-state index in [4.69, 9.17) is 5.73 Å². The second kappa shape index (κ2) is 4.35. The van der Waals surface area contributed by atoms with E-state index in [1.165, 1.54) is 0 Å². The van der Waals surface area contributed by atoms with Crippen LogP contribution in [0.2, 0.25) is 0 Å². The van der Waals surface area contributed by atoms with Crippen molar-refractivity contribution in [3.63, 3.8) is 0 Å². The predicted molar refractivity (Wildman–Crippen MR) is 66.7 cm³/mol. The molecule has 0 fully saturated rings. The first-order chi connectivity index (χ1) is 6.80. The van der Waals surface area contributed by atoms with E-state index in [-0.39, 0.29) is 11.4 Å². The van der Waals surface area contributed by atoms with Gasteiger partial charge in [0.1, 0.15) is 5.82 Å². The Balaban J connectivity index is 2.85. The standard InChI is InChI=1S/C10H17BrN4/c1-6(10(2,3)4)14-8-7(11)5-13-9(12)15-8/h5-6H,1-4H3,(H3,12,13,14,15). The van der Waals surface area contributed by atoms with Crippen LogP contribution in [0, 0.1) is 5.41 Å². The van der Waals surface area contributed by atoms with E-state index in [0.29, 0.717) is 6.04 Å². The van der Waals surface area contributed by atoms with Crippen molar-refractivity contribution in [3.05, 3.63) is 10.7 Å². The molecule has 1 aromatic heterocycles. The highest BCUT2D eigenvalue weighted by molar-refractivity contribution is 9.10. The third-order valence-corrected chi connectivity index (χ3v) is 3.00. The molecule has 4 nitrogen and oxygen atoms in total. The number of nitrogens with zero attached hydrogens (tertiary/aromatic N) is 2. The monoisotopic (exact) mass is 272 g/mol. The summed E-state index contributed by atoms with van der Waals surface area (Å²) in [6.07, 6.45) is 1.65. The van der Waals surface area contributed by atoms with Crippen LogP contribution in [0.5, 0.6) is 0 Å². The smallest absolute Gasteiger partial charge is 0.221 e. The zero-order valence-electron chi connectivity index (χ0n) is 9.50. The molecule has 0 aromatic carbocycles. The van der Waals surface area contributed by atoms with Gasteiger partial charge in [-0.15, -0.1) is 0 Å². The summed E-state index contributed by atoms with van der Waals surface area (Å²) in [7, 11) is 0. The first-order valence-electron chi connectivity index (χ1n) is 4.85. The normalized spacial score (nSPS) is 13.7. The molecule has 1 atom stereocenters. The summed E-state index contributed by atoms with van der Waals surface area (Å²) in [5.74, 6) is 1.02. The van der Waals surface area contributed by atoms with Crippen molar-refractivity contribution in [2.75, 3.05) is 11.1 Å². The first kappa shape index (κ1) is 12.2. The van der Waals surface area contributed by atoms with Gasteiger partial charge in [0.2, 0.25) is 5.95 Å². The van der Waals surface area contributed by atoms with Crippen molar-refractivity contribution in [2.24, 2.45) is 5.41 Å². The molecule has 84 valence electrons. The number of nitrogens with two attached hydrogens (primary N) is 1. The van der Waals surface area contributed by atoms with E-state index in [9.17, 15) is 0 Å². The second-order valence-corrected chi connectivity index (χ2v) is 5.51. The van der Waals surface area contributed by atoms with E-state index in [1.807, 2.05) is 0 Å². The third kappa shape index (κ3) is 3.34. The fourth-order valence-electron chi connectivity index (χ4n) is 0.904. The van der Waals surface area contributed by atoms with Crippen LogP contribution in [0.15, 0.2) is 10.7 Å². The molecule has 1 aromatic rings. The Morgan fingerprint density at radius 1 is 1.47 bits per heavy atom. The van der Waals surface area contributed by atoms with Crippen molar-refractivity contribution in [3.8, 4) is 0 Å². The van der Waals surface area contributed by atoms with Gasteiger partial charge >= 0.3 is 0 Å². The number of aromatic nitrogens is 2. The van der Waals surface area contributed by atoms with Gasteiger partial charge in [0.05, 0.1) is 4.47 Å². The maximum Gasteiger partial charge on any atom is 0.221 e. The minimum atomic E-state index is 0.166. The van der Waals surface area contributed by atoms with Gasteiger partial charge < -0.3 is 11.1 Å². The molecular formula is C10H17BrN4. The molecule has 5 heteroatoms. The molecule has 1 unspecified atom stereocenters.